The molecular formula is C33H33N3O5. The van der Waals surface area contributed by atoms with E-state index in [9.17, 15) is 9.90 Å². The third-order valence-corrected chi connectivity index (χ3v) is 7.50. The molecule has 210 valence electrons. The molecule has 5 aromatic rings. The first-order chi connectivity index (χ1) is 20.1. The number of rotatable bonds is 7. The van der Waals surface area contributed by atoms with Crippen LogP contribution in [0.2, 0.25) is 0 Å². The summed E-state index contributed by atoms with van der Waals surface area (Å²) in [6.07, 6.45) is 5.25. The number of aromatic hydroxyl groups is 1. The Kier molecular flexibility index (Phi) is 7.48. The molecular weight excluding hydrogens is 518 g/mol. The SMILES string of the molecule is CCOC(=O)c1c(CCCOc2cccc3ccccc23)c2cccc3c2n1C/C=C\COCc1nn(C)c(O)c1-3. The summed E-state index contributed by atoms with van der Waals surface area (Å²) in [7, 11) is 1.71. The van der Waals surface area contributed by atoms with Crippen LogP contribution in [0.1, 0.15) is 35.1 Å². The summed E-state index contributed by atoms with van der Waals surface area (Å²) >= 11 is 0. The topological polar surface area (TPSA) is 87.7 Å². The largest absolute Gasteiger partial charge is 0.493 e. The van der Waals surface area contributed by atoms with Gasteiger partial charge in [0.1, 0.15) is 17.1 Å². The molecule has 3 aromatic carbocycles. The van der Waals surface area contributed by atoms with Crippen LogP contribution in [0.3, 0.4) is 0 Å². The van der Waals surface area contributed by atoms with E-state index in [-0.39, 0.29) is 25.1 Å². The maximum Gasteiger partial charge on any atom is 0.355 e. The monoisotopic (exact) mass is 551 g/mol. The molecule has 8 nitrogen and oxygen atoms in total. The summed E-state index contributed by atoms with van der Waals surface area (Å²) in [6.45, 7) is 3.68. The van der Waals surface area contributed by atoms with E-state index in [1.165, 1.54) is 4.68 Å². The second-order valence-corrected chi connectivity index (χ2v) is 10.0. The molecule has 1 aliphatic heterocycles. The summed E-state index contributed by atoms with van der Waals surface area (Å²) in [5, 5.41) is 18.7. The highest BCUT2D eigenvalue weighted by atomic mass is 16.5. The number of hydrogen-bond donors (Lipinski definition) is 1. The molecule has 1 N–H and O–H groups in total. The molecule has 0 aliphatic carbocycles. The molecule has 8 heteroatoms. The van der Waals surface area contributed by atoms with Crippen molar-refractivity contribution in [2.75, 3.05) is 19.8 Å². The van der Waals surface area contributed by atoms with Gasteiger partial charge in [-0.3, -0.25) is 0 Å². The highest BCUT2D eigenvalue weighted by molar-refractivity contribution is 6.05. The second-order valence-electron chi connectivity index (χ2n) is 10.0. The smallest absolute Gasteiger partial charge is 0.355 e. The Hall–Kier alpha value is -4.56. The lowest BCUT2D eigenvalue weighted by molar-refractivity contribution is 0.0513. The summed E-state index contributed by atoms with van der Waals surface area (Å²) in [5.41, 5.74) is 4.34. The Labute approximate surface area is 238 Å². The first-order valence-electron chi connectivity index (χ1n) is 14.0. The zero-order valence-corrected chi connectivity index (χ0v) is 23.3. The maximum absolute atomic E-state index is 13.5. The van der Waals surface area contributed by atoms with E-state index in [0.29, 0.717) is 49.6 Å². The Morgan fingerprint density at radius 1 is 1.05 bits per heavy atom. The van der Waals surface area contributed by atoms with E-state index in [1.54, 1.807) is 7.05 Å². The Bertz CT molecular complexity index is 1760. The summed E-state index contributed by atoms with van der Waals surface area (Å²) in [5.74, 6) is 0.536. The van der Waals surface area contributed by atoms with Crippen LogP contribution < -0.4 is 4.74 Å². The molecule has 0 saturated heterocycles. The molecule has 0 bridgehead atoms. The van der Waals surface area contributed by atoms with E-state index in [2.05, 4.69) is 23.3 Å². The third-order valence-electron chi connectivity index (χ3n) is 7.50. The molecule has 0 fully saturated rings. The Morgan fingerprint density at radius 2 is 1.85 bits per heavy atom. The van der Waals surface area contributed by atoms with Crippen LogP contribution in [-0.4, -0.2) is 45.2 Å². The van der Waals surface area contributed by atoms with E-state index in [4.69, 9.17) is 14.2 Å². The van der Waals surface area contributed by atoms with Crippen LogP contribution in [0.4, 0.5) is 0 Å². The maximum atomic E-state index is 13.5. The van der Waals surface area contributed by atoms with Crippen LogP contribution in [0.25, 0.3) is 32.8 Å². The summed E-state index contributed by atoms with van der Waals surface area (Å²) in [6, 6.07) is 20.2. The molecule has 0 spiro atoms. The number of para-hydroxylation sites is 1. The number of fused-ring (bicyclic) bond motifs is 3. The van der Waals surface area contributed by atoms with Crippen molar-refractivity contribution in [2.45, 2.75) is 32.9 Å². The first kappa shape index (κ1) is 26.7. The zero-order valence-electron chi connectivity index (χ0n) is 23.3. The highest BCUT2D eigenvalue weighted by Gasteiger charge is 2.28. The van der Waals surface area contributed by atoms with Gasteiger partial charge in [0.2, 0.25) is 5.88 Å². The molecule has 6 rings (SSSR count). The number of benzene rings is 3. The van der Waals surface area contributed by atoms with Crippen LogP contribution >= 0.6 is 0 Å². The minimum absolute atomic E-state index is 0.0544. The van der Waals surface area contributed by atoms with Crippen molar-refractivity contribution in [2.24, 2.45) is 7.05 Å². The molecule has 0 unspecified atom stereocenters. The van der Waals surface area contributed by atoms with Gasteiger partial charge in [0.05, 0.1) is 37.5 Å². The van der Waals surface area contributed by atoms with E-state index in [0.717, 1.165) is 38.6 Å². The average Bonchev–Trinajstić information content (AvgIpc) is 3.44. The number of aryl methyl sites for hydroxylation is 2. The number of hydrogen-bond acceptors (Lipinski definition) is 6. The van der Waals surface area contributed by atoms with Crippen LogP contribution in [-0.2, 0) is 36.1 Å². The summed E-state index contributed by atoms with van der Waals surface area (Å²) < 4.78 is 21.1. The lowest BCUT2D eigenvalue weighted by atomic mass is 9.99. The molecule has 2 aromatic heterocycles. The van der Waals surface area contributed by atoms with E-state index < -0.39 is 0 Å². The number of aromatic nitrogens is 3. The molecule has 0 atom stereocenters. The fraction of sp³-hybridized carbons (Fsp3) is 0.273. The predicted octanol–water partition coefficient (Wildman–Crippen LogP) is 6.18. The lowest BCUT2D eigenvalue weighted by Crippen LogP contribution is -2.14. The van der Waals surface area contributed by atoms with Crippen molar-refractivity contribution < 1.29 is 24.1 Å². The van der Waals surface area contributed by atoms with Crippen molar-refractivity contribution in [3.63, 3.8) is 0 Å². The van der Waals surface area contributed by atoms with Crippen LogP contribution in [0.5, 0.6) is 11.6 Å². The fourth-order valence-electron chi connectivity index (χ4n) is 5.72. The van der Waals surface area contributed by atoms with Gasteiger partial charge in [0, 0.05) is 29.9 Å². The Balaban J connectivity index is 1.43. The van der Waals surface area contributed by atoms with Gasteiger partial charge in [-0.15, -0.1) is 0 Å². The molecule has 0 amide bonds. The number of carbonyl (C=O) groups is 1. The zero-order chi connectivity index (χ0) is 28.3. The van der Waals surface area contributed by atoms with Gasteiger partial charge in [0.15, 0.2) is 0 Å². The van der Waals surface area contributed by atoms with E-state index in [1.807, 2.05) is 66.1 Å². The Morgan fingerprint density at radius 3 is 2.73 bits per heavy atom. The standard InChI is InChI=1S/C33H33N3O5/c1-3-40-33(38)31-25(16-10-20-41-28-17-8-12-22-11-4-5-13-23(22)28)24-14-9-15-26-29-27(34-35(2)32(29)37)21-39-19-7-6-18-36(31)30(24)26/h4-9,11-15,17,37H,3,10,16,18-21H2,1-2H3/b7-6-. The van der Waals surface area contributed by atoms with Crippen molar-refractivity contribution in [3.8, 4) is 22.8 Å². The van der Waals surface area contributed by atoms with Gasteiger partial charge in [-0.25, -0.2) is 9.48 Å². The second kappa shape index (κ2) is 11.5. The van der Waals surface area contributed by atoms with Crippen LogP contribution in [0, 0.1) is 0 Å². The normalized spacial score (nSPS) is 14.0. The summed E-state index contributed by atoms with van der Waals surface area (Å²) in [4.78, 5) is 13.5. The fourth-order valence-corrected chi connectivity index (χ4v) is 5.72. The molecule has 0 radical (unpaired) electrons. The van der Waals surface area contributed by atoms with Gasteiger partial charge in [-0.2, -0.15) is 5.10 Å². The van der Waals surface area contributed by atoms with Crippen molar-refractivity contribution >= 4 is 27.6 Å². The lowest BCUT2D eigenvalue weighted by Gasteiger charge is -2.12. The quantitative estimate of drug-likeness (QED) is 0.148. The molecule has 41 heavy (non-hydrogen) atoms. The minimum Gasteiger partial charge on any atom is -0.493 e. The predicted molar refractivity (Wildman–Crippen MR) is 158 cm³/mol. The number of esters is 1. The minimum atomic E-state index is -0.366. The number of allylic oxidation sites excluding steroid dienone is 1. The van der Waals surface area contributed by atoms with Crippen molar-refractivity contribution in [1.29, 1.82) is 0 Å². The van der Waals surface area contributed by atoms with Gasteiger partial charge >= 0.3 is 5.97 Å². The van der Waals surface area contributed by atoms with E-state index >= 15 is 0 Å². The number of nitrogens with zero attached hydrogens (tertiary/aromatic N) is 3. The van der Waals surface area contributed by atoms with Gasteiger partial charge < -0.3 is 23.9 Å². The molecule has 0 saturated carbocycles. The molecule has 1 aliphatic rings. The van der Waals surface area contributed by atoms with Crippen molar-refractivity contribution in [3.05, 3.63) is 89.8 Å². The van der Waals surface area contributed by atoms with Gasteiger partial charge in [-0.05, 0) is 36.8 Å². The van der Waals surface area contributed by atoms with Gasteiger partial charge in [-0.1, -0.05) is 66.7 Å². The average molecular weight is 552 g/mol. The van der Waals surface area contributed by atoms with Gasteiger partial charge in [0.25, 0.3) is 0 Å². The number of carbonyl (C=O) groups excluding carboxylic acids is 1. The highest BCUT2D eigenvalue weighted by Crippen LogP contribution is 2.41. The van der Waals surface area contributed by atoms with Crippen molar-refractivity contribution in [1.82, 2.24) is 14.3 Å². The number of ether oxygens (including phenoxy) is 3. The molecule has 3 heterocycles. The third kappa shape index (κ3) is 4.95. The first-order valence-corrected chi connectivity index (χ1v) is 14.0. The van der Waals surface area contributed by atoms with Crippen LogP contribution in [0.15, 0.2) is 72.8 Å².